The molecule has 78 valence electrons. The molecule has 2 nitrogen and oxygen atoms in total. The third-order valence-corrected chi connectivity index (χ3v) is 2.59. The summed E-state index contributed by atoms with van der Waals surface area (Å²) in [5.41, 5.74) is 4.34. The molecule has 0 aliphatic rings. The van der Waals surface area contributed by atoms with Crippen LogP contribution in [0.3, 0.4) is 0 Å². The number of aryl methyl sites for hydroxylation is 2. The van der Waals surface area contributed by atoms with E-state index in [-0.39, 0.29) is 0 Å². The number of aromatic nitrogens is 2. The average Bonchev–Trinajstić information content (AvgIpc) is 2.60. The topological polar surface area (TPSA) is 17.8 Å². The lowest BCUT2D eigenvalue weighted by atomic mass is 10.2. The van der Waals surface area contributed by atoms with Crippen LogP contribution in [0.2, 0.25) is 0 Å². The van der Waals surface area contributed by atoms with Crippen LogP contribution in [0.5, 0.6) is 0 Å². The Kier molecular flexibility index (Phi) is 2.78. The Morgan fingerprint density at radius 1 is 1.27 bits per heavy atom. The summed E-state index contributed by atoms with van der Waals surface area (Å²) in [4.78, 5) is 0. The lowest BCUT2D eigenvalue weighted by molar-refractivity contribution is 0.830. The summed E-state index contributed by atoms with van der Waals surface area (Å²) in [5.74, 6) is 0.458. The molecule has 2 aromatic rings. The maximum Gasteiger partial charge on any atom is 0.0779 e. The third kappa shape index (κ3) is 2.05. The van der Waals surface area contributed by atoms with Crippen molar-refractivity contribution in [2.75, 3.05) is 0 Å². The molecular formula is C12H13ClN2. The number of hydrogen-bond acceptors (Lipinski definition) is 1. The van der Waals surface area contributed by atoms with Gasteiger partial charge in [-0.2, -0.15) is 5.10 Å². The predicted molar refractivity (Wildman–Crippen MR) is 62.6 cm³/mol. The summed E-state index contributed by atoms with van der Waals surface area (Å²) >= 11 is 5.76. The van der Waals surface area contributed by atoms with E-state index in [0.717, 1.165) is 17.1 Å². The van der Waals surface area contributed by atoms with Crippen molar-refractivity contribution >= 4 is 11.6 Å². The van der Waals surface area contributed by atoms with E-state index in [1.54, 1.807) is 0 Å². The largest absolute Gasteiger partial charge is 0.238 e. The predicted octanol–water partition coefficient (Wildman–Crippen LogP) is 3.23. The number of rotatable bonds is 2. The number of alkyl halides is 1. The fourth-order valence-electron chi connectivity index (χ4n) is 1.62. The fraction of sp³-hybridized carbons (Fsp3) is 0.250. The average molecular weight is 221 g/mol. The van der Waals surface area contributed by atoms with Crippen LogP contribution in [-0.2, 0) is 5.88 Å². The van der Waals surface area contributed by atoms with Crippen LogP contribution in [0.15, 0.2) is 30.3 Å². The Morgan fingerprint density at radius 3 is 2.67 bits per heavy atom. The lowest BCUT2D eigenvalue weighted by Gasteiger charge is -2.04. The van der Waals surface area contributed by atoms with E-state index in [2.05, 4.69) is 24.2 Å². The minimum absolute atomic E-state index is 0.458. The van der Waals surface area contributed by atoms with Crippen molar-refractivity contribution in [3.63, 3.8) is 0 Å². The van der Waals surface area contributed by atoms with Crippen LogP contribution < -0.4 is 0 Å². The summed E-state index contributed by atoms with van der Waals surface area (Å²) in [7, 11) is 0. The maximum atomic E-state index is 5.76. The number of halogens is 1. The Bertz CT molecular complexity index is 474. The molecule has 0 saturated carbocycles. The molecule has 2 rings (SSSR count). The van der Waals surface area contributed by atoms with E-state index in [4.69, 9.17) is 11.6 Å². The Labute approximate surface area is 94.5 Å². The molecule has 0 saturated heterocycles. The van der Waals surface area contributed by atoms with E-state index >= 15 is 0 Å². The fourth-order valence-corrected chi connectivity index (χ4v) is 1.76. The van der Waals surface area contributed by atoms with E-state index in [1.165, 1.54) is 5.56 Å². The van der Waals surface area contributed by atoms with Gasteiger partial charge in [0, 0.05) is 5.69 Å². The second-order valence-electron chi connectivity index (χ2n) is 3.66. The van der Waals surface area contributed by atoms with Gasteiger partial charge in [-0.3, -0.25) is 0 Å². The molecule has 1 aromatic carbocycles. The van der Waals surface area contributed by atoms with Crippen molar-refractivity contribution in [2.24, 2.45) is 0 Å². The molecular weight excluding hydrogens is 208 g/mol. The molecule has 0 aliphatic carbocycles. The molecule has 0 fully saturated rings. The second-order valence-corrected chi connectivity index (χ2v) is 3.93. The van der Waals surface area contributed by atoms with Gasteiger partial charge in [0.05, 0.1) is 17.3 Å². The molecule has 0 radical (unpaired) electrons. The Morgan fingerprint density at radius 2 is 2.07 bits per heavy atom. The minimum atomic E-state index is 0.458. The zero-order valence-corrected chi connectivity index (χ0v) is 9.62. The lowest BCUT2D eigenvalue weighted by Crippen LogP contribution is -1.99. The molecule has 0 atom stereocenters. The van der Waals surface area contributed by atoms with Crippen molar-refractivity contribution in [1.29, 1.82) is 0 Å². The van der Waals surface area contributed by atoms with Crippen LogP contribution in [0.1, 0.15) is 17.0 Å². The van der Waals surface area contributed by atoms with Gasteiger partial charge in [-0.1, -0.05) is 12.1 Å². The summed E-state index contributed by atoms with van der Waals surface area (Å²) in [6.45, 7) is 4.11. The normalized spacial score (nSPS) is 10.6. The van der Waals surface area contributed by atoms with E-state index < -0.39 is 0 Å². The van der Waals surface area contributed by atoms with Crippen molar-refractivity contribution in [2.45, 2.75) is 19.7 Å². The van der Waals surface area contributed by atoms with Crippen molar-refractivity contribution in [3.8, 4) is 5.69 Å². The molecule has 0 N–H and O–H groups in total. The molecule has 0 spiro atoms. The highest BCUT2D eigenvalue weighted by atomic mass is 35.5. The molecule has 0 unspecified atom stereocenters. The third-order valence-electron chi connectivity index (χ3n) is 2.32. The molecule has 3 heteroatoms. The summed E-state index contributed by atoms with van der Waals surface area (Å²) in [5, 5.41) is 4.42. The van der Waals surface area contributed by atoms with Gasteiger partial charge < -0.3 is 0 Å². The first-order valence-electron chi connectivity index (χ1n) is 4.89. The molecule has 0 bridgehead atoms. The van der Waals surface area contributed by atoms with E-state index in [0.29, 0.717) is 5.88 Å². The number of hydrogen-bond donors (Lipinski definition) is 0. The van der Waals surface area contributed by atoms with E-state index in [1.807, 2.05) is 29.8 Å². The van der Waals surface area contributed by atoms with Gasteiger partial charge in [0.25, 0.3) is 0 Å². The van der Waals surface area contributed by atoms with Crippen molar-refractivity contribution in [1.82, 2.24) is 9.78 Å². The summed E-state index contributed by atoms with van der Waals surface area (Å²) in [6.07, 6.45) is 0. The van der Waals surface area contributed by atoms with Gasteiger partial charge in [0.1, 0.15) is 0 Å². The highest BCUT2D eigenvalue weighted by molar-refractivity contribution is 6.16. The van der Waals surface area contributed by atoms with Gasteiger partial charge >= 0.3 is 0 Å². The van der Waals surface area contributed by atoms with Crippen molar-refractivity contribution in [3.05, 3.63) is 47.3 Å². The SMILES string of the molecule is Cc1cccc(-n2nc(CCl)cc2C)c1. The molecule has 1 aromatic heterocycles. The van der Waals surface area contributed by atoms with Gasteiger partial charge in [-0.25, -0.2) is 4.68 Å². The molecule has 0 aliphatic heterocycles. The molecule has 1 heterocycles. The van der Waals surface area contributed by atoms with Gasteiger partial charge in [0.2, 0.25) is 0 Å². The number of nitrogens with zero attached hydrogens (tertiary/aromatic N) is 2. The van der Waals surface area contributed by atoms with Gasteiger partial charge in [-0.15, -0.1) is 11.6 Å². The quantitative estimate of drug-likeness (QED) is 0.711. The summed E-state index contributed by atoms with van der Waals surface area (Å²) in [6, 6.07) is 10.3. The first kappa shape index (κ1) is 10.2. The smallest absolute Gasteiger partial charge is 0.0779 e. The standard InChI is InChI=1S/C12H13ClN2/c1-9-4-3-5-12(6-9)15-10(2)7-11(8-13)14-15/h3-7H,8H2,1-2H3. The van der Waals surface area contributed by atoms with Crippen molar-refractivity contribution < 1.29 is 0 Å². The highest BCUT2D eigenvalue weighted by Gasteiger charge is 2.04. The first-order chi connectivity index (χ1) is 7.20. The molecule has 15 heavy (non-hydrogen) atoms. The van der Waals surface area contributed by atoms with E-state index in [9.17, 15) is 0 Å². The van der Waals surface area contributed by atoms with Crippen LogP contribution in [-0.4, -0.2) is 9.78 Å². The molecule has 0 amide bonds. The second kappa shape index (κ2) is 4.07. The monoisotopic (exact) mass is 220 g/mol. The summed E-state index contributed by atoms with van der Waals surface area (Å²) < 4.78 is 1.92. The van der Waals surface area contributed by atoms with Gasteiger partial charge in [-0.05, 0) is 37.6 Å². The van der Waals surface area contributed by atoms with Crippen LogP contribution in [0.4, 0.5) is 0 Å². The Balaban J connectivity index is 2.48. The van der Waals surface area contributed by atoms with Crippen LogP contribution >= 0.6 is 11.6 Å². The zero-order valence-electron chi connectivity index (χ0n) is 8.87. The zero-order chi connectivity index (χ0) is 10.8. The maximum absolute atomic E-state index is 5.76. The number of benzene rings is 1. The van der Waals surface area contributed by atoms with Crippen LogP contribution in [0.25, 0.3) is 5.69 Å². The minimum Gasteiger partial charge on any atom is -0.238 e. The Hall–Kier alpha value is -1.28. The van der Waals surface area contributed by atoms with Gasteiger partial charge in [0.15, 0.2) is 0 Å². The highest BCUT2D eigenvalue weighted by Crippen LogP contribution is 2.14. The first-order valence-corrected chi connectivity index (χ1v) is 5.42. The van der Waals surface area contributed by atoms with Crippen LogP contribution in [0, 0.1) is 13.8 Å².